The van der Waals surface area contributed by atoms with Gasteiger partial charge < -0.3 is 14.6 Å². The van der Waals surface area contributed by atoms with Gasteiger partial charge in [0.25, 0.3) is 0 Å². The van der Waals surface area contributed by atoms with Crippen LogP contribution in [0.5, 0.6) is 0 Å². The number of carbonyl (C=O) groups is 2. The molecular weight excluding hydrogens is 418 g/mol. The van der Waals surface area contributed by atoms with Crippen LogP contribution in [0.4, 0.5) is 0 Å². The van der Waals surface area contributed by atoms with Gasteiger partial charge in [0.2, 0.25) is 23.6 Å². The van der Waals surface area contributed by atoms with E-state index in [9.17, 15) is 9.59 Å². The Hall–Kier alpha value is -1.96. The van der Waals surface area contributed by atoms with Crippen LogP contribution in [0.15, 0.2) is 4.42 Å². The molecular formula is C25H39N5O3. The average molecular weight is 458 g/mol. The van der Waals surface area contributed by atoms with Crippen molar-refractivity contribution in [2.45, 2.75) is 96.1 Å². The molecule has 1 aromatic rings. The second kappa shape index (κ2) is 9.35. The summed E-state index contributed by atoms with van der Waals surface area (Å²) in [5, 5.41) is 11.8. The molecule has 2 aliphatic heterocycles. The third kappa shape index (κ3) is 5.10. The van der Waals surface area contributed by atoms with Crippen molar-refractivity contribution >= 4 is 11.8 Å². The maximum atomic E-state index is 13.1. The summed E-state index contributed by atoms with van der Waals surface area (Å²) in [5.41, 5.74) is 0.0976. The molecule has 5 rings (SSSR count). The number of piperidine rings is 1. The number of aromatic nitrogens is 2. The molecule has 1 atom stereocenters. The van der Waals surface area contributed by atoms with Crippen molar-refractivity contribution in [3.63, 3.8) is 0 Å². The van der Waals surface area contributed by atoms with E-state index in [4.69, 9.17) is 4.42 Å². The fourth-order valence-electron chi connectivity index (χ4n) is 6.03. The van der Waals surface area contributed by atoms with Gasteiger partial charge in [0.05, 0.1) is 12.6 Å². The molecule has 0 radical (unpaired) electrons. The first kappa shape index (κ1) is 22.8. The average Bonchev–Trinajstić information content (AvgIpc) is 3.36. The molecule has 8 heteroatoms. The fourth-order valence-corrected chi connectivity index (χ4v) is 6.03. The number of hydrogen-bond acceptors (Lipinski definition) is 6. The number of rotatable bonds is 6. The molecule has 182 valence electrons. The van der Waals surface area contributed by atoms with Crippen molar-refractivity contribution in [3.05, 3.63) is 11.8 Å². The SMILES string of the molecule is CC(C)c1nnc(C2CC3(CCN(C(=O)C4CCCCC4)CC3)CN2CC(=O)NC2CC2)o1. The Labute approximate surface area is 196 Å². The highest BCUT2D eigenvalue weighted by atomic mass is 16.4. The van der Waals surface area contributed by atoms with Crippen LogP contribution in [-0.4, -0.2) is 64.0 Å². The Morgan fingerprint density at radius 2 is 1.82 bits per heavy atom. The topological polar surface area (TPSA) is 91.6 Å². The van der Waals surface area contributed by atoms with E-state index in [1.165, 1.54) is 19.3 Å². The maximum absolute atomic E-state index is 13.1. The summed E-state index contributed by atoms with van der Waals surface area (Å²) >= 11 is 0. The highest BCUT2D eigenvalue weighted by Gasteiger charge is 2.49. The highest BCUT2D eigenvalue weighted by Crippen LogP contribution is 2.49. The largest absolute Gasteiger partial charge is 0.423 e. The zero-order valence-corrected chi connectivity index (χ0v) is 20.2. The van der Waals surface area contributed by atoms with Crippen molar-refractivity contribution in [1.82, 2.24) is 25.3 Å². The number of nitrogens with one attached hydrogen (secondary N) is 1. The Morgan fingerprint density at radius 1 is 1.09 bits per heavy atom. The number of hydrogen-bond donors (Lipinski definition) is 1. The third-order valence-corrected chi connectivity index (χ3v) is 8.22. The van der Waals surface area contributed by atoms with Crippen molar-refractivity contribution in [2.75, 3.05) is 26.2 Å². The van der Waals surface area contributed by atoms with Gasteiger partial charge in [-0.2, -0.15) is 0 Å². The summed E-state index contributed by atoms with van der Waals surface area (Å²) in [6.07, 6.45) is 10.8. The van der Waals surface area contributed by atoms with E-state index in [0.29, 0.717) is 30.3 Å². The Kier molecular flexibility index (Phi) is 6.47. The summed E-state index contributed by atoms with van der Waals surface area (Å²) in [6, 6.07) is 0.327. The summed E-state index contributed by atoms with van der Waals surface area (Å²) in [5.74, 6) is 2.17. The van der Waals surface area contributed by atoms with Gasteiger partial charge in [0, 0.05) is 37.5 Å². The maximum Gasteiger partial charge on any atom is 0.234 e. The molecule has 1 N–H and O–H groups in total. The molecule has 3 heterocycles. The molecule has 1 aromatic heterocycles. The predicted molar refractivity (Wildman–Crippen MR) is 123 cm³/mol. The van der Waals surface area contributed by atoms with Crippen LogP contribution in [0, 0.1) is 11.3 Å². The smallest absolute Gasteiger partial charge is 0.234 e. The van der Waals surface area contributed by atoms with Gasteiger partial charge in [0.15, 0.2) is 0 Å². The summed E-state index contributed by atoms with van der Waals surface area (Å²) in [6.45, 7) is 6.96. The third-order valence-electron chi connectivity index (χ3n) is 8.22. The van der Waals surface area contributed by atoms with Crippen LogP contribution in [0.2, 0.25) is 0 Å². The summed E-state index contributed by atoms with van der Waals surface area (Å²) < 4.78 is 6.05. The van der Waals surface area contributed by atoms with E-state index in [1.807, 2.05) is 13.8 Å². The van der Waals surface area contributed by atoms with Crippen molar-refractivity contribution in [2.24, 2.45) is 11.3 Å². The lowest BCUT2D eigenvalue weighted by Gasteiger charge is -2.41. The molecule has 33 heavy (non-hydrogen) atoms. The van der Waals surface area contributed by atoms with Crippen LogP contribution in [-0.2, 0) is 9.59 Å². The van der Waals surface area contributed by atoms with Crippen LogP contribution < -0.4 is 5.32 Å². The van der Waals surface area contributed by atoms with Crippen LogP contribution in [0.3, 0.4) is 0 Å². The molecule has 1 spiro atoms. The summed E-state index contributed by atoms with van der Waals surface area (Å²) in [4.78, 5) is 30.1. The van der Waals surface area contributed by atoms with Crippen molar-refractivity contribution in [1.29, 1.82) is 0 Å². The van der Waals surface area contributed by atoms with E-state index in [2.05, 4.69) is 25.3 Å². The first-order valence-corrected chi connectivity index (χ1v) is 13.1. The monoisotopic (exact) mass is 457 g/mol. The Balaban J connectivity index is 1.26. The lowest BCUT2D eigenvalue weighted by molar-refractivity contribution is -0.138. The number of amides is 2. The summed E-state index contributed by atoms with van der Waals surface area (Å²) in [7, 11) is 0. The molecule has 1 unspecified atom stereocenters. The lowest BCUT2D eigenvalue weighted by Crippen LogP contribution is -2.47. The lowest BCUT2D eigenvalue weighted by atomic mass is 9.76. The van der Waals surface area contributed by atoms with Crippen LogP contribution in [0.25, 0.3) is 0 Å². The van der Waals surface area contributed by atoms with Crippen molar-refractivity contribution in [3.8, 4) is 0 Å². The minimum atomic E-state index is -0.0319. The molecule has 2 saturated heterocycles. The fraction of sp³-hybridized carbons (Fsp3) is 0.840. The molecule has 4 aliphatic rings. The number of nitrogens with zero attached hydrogens (tertiary/aromatic N) is 4. The quantitative estimate of drug-likeness (QED) is 0.704. The van der Waals surface area contributed by atoms with E-state index < -0.39 is 0 Å². The normalized spacial score (nSPS) is 26.3. The first-order chi connectivity index (χ1) is 15.9. The molecule has 0 bridgehead atoms. The standard InChI is InChI=1S/C25H39N5O3/c1-17(2)22-27-28-23(33-22)20-14-25(16-30(20)15-21(31)26-19-8-9-19)10-12-29(13-11-25)24(32)18-6-4-3-5-7-18/h17-20H,3-16H2,1-2H3,(H,26,31). The predicted octanol–water partition coefficient (Wildman–Crippen LogP) is 3.41. The minimum Gasteiger partial charge on any atom is -0.423 e. The molecule has 8 nitrogen and oxygen atoms in total. The van der Waals surface area contributed by atoms with Gasteiger partial charge in [-0.3, -0.25) is 14.5 Å². The molecule has 2 saturated carbocycles. The zero-order valence-electron chi connectivity index (χ0n) is 20.2. The Morgan fingerprint density at radius 3 is 2.45 bits per heavy atom. The second-order valence-electron chi connectivity index (χ2n) is 11.3. The van der Waals surface area contributed by atoms with Gasteiger partial charge >= 0.3 is 0 Å². The number of likely N-dealkylation sites (tertiary alicyclic amines) is 2. The van der Waals surface area contributed by atoms with Gasteiger partial charge in [-0.25, -0.2) is 0 Å². The minimum absolute atomic E-state index is 0.0319. The van der Waals surface area contributed by atoms with Gasteiger partial charge in [-0.15, -0.1) is 10.2 Å². The van der Waals surface area contributed by atoms with Gasteiger partial charge in [0.1, 0.15) is 0 Å². The Bertz CT molecular complexity index is 850. The zero-order chi connectivity index (χ0) is 23.0. The molecule has 2 aliphatic carbocycles. The van der Waals surface area contributed by atoms with E-state index in [0.717, 1.165) is 64.6 Å². The van der Waals surface area contributed by atoms with Crippen LogP contribution in [0.1, 0.15) is 102 Å². The molecule has 4 fully saturated rings. The second-order valence-corrected chi connectivity index (χ2v) is 11.3. The highest BCUT2D eigenvalue weighted by molar-refractivity contribution is 5.79. The van der Waals surface area contributed by atoms with Crippen molar-refractivity contribution < 1.29 is 14.0 Å². The molecule has 2 amide bonds. The van der Waals surface area contributed by atoms with E-state index in [1.54, 1.807) is 0 Å². The number of carbonyl (C=O) groups excluding carboxylic acids is 2. The first-order valence-electron chi connectivity index (χ1n) is 13.1. The van der Waals surface area contributed by atoms with Crippen LogP contribution >= 0.6 is 0 Å². The molecule has 0 aromatic carbocycles. The van der Waals surface area contributed by atoms with Gasteiger partial charge in [-0.1, -0.05) is 33.1 Å². The van der Waals surface area contributed by atoms with E-state index >= 15 is 0 Å². The van der Waals surface area contributed by atoms with Gasteiger partial charge in [-0.05, 0) is 50.4 Å². The van der Waals surface area contributed by atoms with E-state index in [-0.39, 0.29) is 29.2 Å².